The van der Waals surface area contributed by atoms with Gasteiger partial charge < -0.3 is 15.4 Å². The van der Waals surface area contributed by atoms with Gasteiger partial charge in [0, 0.05) is 13.1 Å². The van der Waals surface area contributed by atoms with Gasteiger partial charge in [0.15, 0.2) is 0 Å². The van der Waals surface area contributed by atoms with E-state index in [0.717, 1.165) is 37.0 Å². The predicted molar refractivity (Wildman–Crippen MR) is 112 cm³/mol. The Morgan fingerprint density at radius 1 is 1.04 bits per heavy atom. The van der Waals surface area contributed by atoms with Gasteiger partial charge in [-0.1, -0.05) is 37.5 Å². The summed E-state index contributed by atoms with van der Waals surface area (Å²) in [4.78, 5) is 25.8. The fourth-order valence-corrected chi connectivity index (χ4v) is 4.51. The average molecular weight is 401 g/mol. The predicted octanol–water partition coefficient (Wildman–Crippen LogP) is 3.89. The molecule has 1 aromatic carbocycles. The number of hydrogen-bond acceptors (Lipinski definition) is 4. The van der Waals surface area contributed by atoms with Gasteiger partial charge in [-0.2, -0.15) is 0 Å². The fourth-order valence-electron chi connectivity index (χ4n) is 3.87. The van der Waals surface area contributed by atoms with Crippen LogP contribution in [0.4, 0.5) is 0 Å². The molecular weight excluding hydrogens is 372 g/mol. The molecule has 1 aliphatic rings. The average Bonchev–Trinajstić information content (AvgIpc) is 3.29. The Hall–Kier alpha value is -2.34. The number of nitrogens with one attached hydrogen (secondary N) is 2. The van der Waals surface area contributed by atoms with Gasteiger partial charge in [-0.3, -0.25) is 9.59 Å². The highest BCUT2D eigenvalue weighted by Gasteiger charge is 2.40. The highest BCUT2D eigenvalue weighted by atomic mass is 32.1. The van der Waals surface area contributed by atoms with Crippen molar-refractivity contribution in [3.63, 3.8) is 0 Å². The van der Waals surface area contributed by atoms with Crippen LogP contribution >= 0.6 is 11.3 Å². The molecule has 2 N–H and O–H groups in total. The maximum atomic E-state index is 13.1. The van der Waals surface area contributed by atoms with Crippen LogP contribution in [0, 0.1) is 0 Å². The molecular formula is C22H28N2O3S. The fraction of sp³-hybridized carbons (Fsp3) is 0.455. The third-order valence-electron chi connectivity index (χ3n) is 5.45. The quantitative estimate of drug-likeness (QED) is 0.661. The third kappa shape index (κ3) is 4.73. The van der Waals surface area contributed by atoms with Gasteiger partial charge >= 0.3 is 0 Å². The lowest BCUT2D eigenvalue weighted by Crippen LogP contribution is -2.46. The van der Waals surface area contributed by atoms with Gasteiger partial charge in [-0.05, 0) is 48.4 Å². The van der Waals surface area contributed by atoms with Gasteiger partial charge in [0.05, 0.1) is 17.4 Å². The monoisotopic (exact) mass is 400 g/mol. The van der Waals surface area contributed by atoms with Crippen LogP contribution in [0.5, 0.6) is 5.75 Å². The number of carbonyl (C=O) groups excluding carboxylic acids is 2. The number of hydrogen-bond donors (Lipinski definition) is 2. The van der Waals surface area contributed by atoms with E-state index in [4.69, 9.17) is 4.74 Å². The van der Waals surface area contributed by atoms with Crippen molar-refractivity contribution in [2.45, 2.75) is 43.9 Å². The number of benzene rings is 1. The van der Waals surface area contributed by atoms with Crippen LogP contribution in [0.25, 0.3) is 0 Å². The second kappa shape index (κ2) is 9.73. The van der Waals surface area contributed by atoms with E-state index in [2.05, 4.69) is 10.6 Å². The molecule has 0 aliphatic heterocycles. The van der Waals surface area contributed by atoms with E-state index in [9.17, 15) is 9.59 Å². The molecule has 0 radical (unpaired) electrons. The largest absolute Gasteiger partial charge is 0.497 e. The number of thiophene rings is 1. The van der Waals surface area contributed by atoms with Gasteiger partial charge in [-0.25, -0.2) is 0 Å². The Labute approximate surface area is 170 Å². The van der Waals surface area contributed by atoms with Crippen molar-refractivity contribution in [2.75, 3.05) is 20.2 Å². The summed E-state index contributed by atoms with van der Waals surface area (Å²) in [5.74, 6) is 0.849. The smallest absolute Gasteiger partial charge is 0.261 e. The first-order valence-electron chi connectivity index (χ1n) is 9.90. The van der Waals surface area contributed by atoms with Crippen LogP contribution in [0.15, 0.2) is 41.8 Å². The van der Waals surface area contributed by atoms with E-state index < -0.39 is 5.41 Å². The van der Waals surface area contributed by atoms with Crippen LogP contribution < -0.4 is 15.4 Å². The van der Waals surface area contributed by atoms with Crippen molar-refractivity contribution in [3.8, 4) is 5.75 Å². The zero-order chi connectivity index (χ0) is 19.8. The first-order valence-corrected chi connectivity index (χ1v) is 10.8. The maximum absolute atomic E-state index is 13.1. The molecule has 0 unspecified atom stereocenters. The van der Waals surface area contributed by atoms with E-state index in [1.165, 1.54) is 17.8 Å². The summed E-state index contributed by atoms with van der Waals surface area (Å²) >= 11 is 1.43. The topological polar surface area (TPSA) is 67.4 Å². The van der Waals surface area contributed by atoms with E-state index in [1.807, 2.05) is 41.8 Å². The minimum absolute atomic E-state index is 0.0525. The van der Waals surface area contributed by atoms with E-state index in [0.29, 0.717) is 24.4 Å². The van der Waals surface area contributed by atoms with E-state index in [1.54, 1.807) is 7.11 Å². The van der Waals surface area contributed by atoms with Crippen LogP contribution in [-0.4, -0.2) is 32.0 Å². The molecule has 2 aromatic rings. The first-order chi connectivity index (χ1) is 13.7. The molecule has 2 amide bonds. The highest BCUT2D eigenvalue weighted by molar-refractivity contribution is 7.12. The van der Waals surface area contributed by atoms with Crippen LogP contribution in [0.1, 0.15) is 53.8 Å². The normalized spacial score (nSPS) is 15.6. The lowest BCUT2D eigenvalue weighted by molar-refractivity contribution is -0.128. The summed E-state index contributed by atoms with van der Waals surface area (Å²) in [5.41, 5.74) is 0.613. The molecule has 1 fully saturated rings. The molecule has 1 aromatic heterocycles. The summed E-state index contributed by atoms with van der Waals surface area (Å²) in [6.45, 7) is 1.11. The third-order valence-corrected chi connectivity index (χ3v) is 6.32. The summed E-state index contributed by atoms with van der Waals surface area (Å²) < 4.78 is 5.25. The molecule has 0 spiro atoms. The zero-order valence-electron chi connectivity index (χ0n) is 16.3. The van der Waals surface area contributed by atoms with Gasteiger partial charge in [0.25, 0.3) is 5.91 Å². The molecule has 5 nitrogen and oxygen atoms in total. The van der Waals surface area contributed by atoms with Crippen LogP contribution in [-0.2, 0) is 10.2 Å². The van der Waals surface area contributed by atoms with Crippen molar-refractivity contribution in [1.29, 1.82) is 0 Å². The first kappa shape index (κ1) is 20.4. The van der Waals surface area contributed by atoms with Gasteiger partial charge in [-0.15, -0.1) is 11.3 Å². The SMILES string of the molecule is COc1ccc(C2(C(=O)NCCCNC(=O)c3cccs3)CCCCC2)cc1. The van der Waals surface area contributed by atoms with Crippen molar-refractivity contribution >= 4 is 23.2 Å². The Kier molecular flexibility index (Phi) is 7.09. The summed E-state index contributed by atoms with van der Waals surface area (Å²) in [6, 6.07) is 11.6. The van der Waals surface area contributed by atoms with Crippen LogP contribution in [0.2, 0.25) is 0 Å². The highest BCUT2D eigenvalue weighted by Crippen LogP contribution is 2.40. The van der Waals surface area contributed by atoms with Crippen molar-refractivity contribution in [1.82, 2.24) is 10.6 Å². The number of amides is 2. The van der Waals surface area contributed by atoms with Gasteiger partial charge in [0.2, 0.25) is 5.91 Å². The minimum atomic E-state index is -0.454. The standard InChI is InChI=1S/C22H28N2O3S/c1-27-18-10-8-17(9-11-18)22(12-3-2-4-13-22)21(26)24-15-6-14-23-20(25)19-7-5-16-28-19/h5,7-11,16H,2-4,6,12-15H2,1H3,(H,23,25)(H,24,26). The summed E-state index contributed by atoms with van der Waals surface area (Å²) in [6.07, 6.45) is 5.77. The molecule has 150 valence electrons. The van der Waals surface area contributed by atoms with E-state index in [-0.39, 0.29) is 11.8 Å². The van der Waals surface area contributed by atoms with Crippen LogP contribution in [0.3, 0.4) is 0 Å². The lowest BCUT2D eigenvalue weighted by atomic mass is 9.68. The second-order valence-corrected chi connectivity index (χ2v) is 8.16. The molecule has 6 heteroatoms. The molecule has 1 saturated carbocycles. The summed E-state index contributed by atoms with van der Waals surface area (Å²) in [5, 5.41) is 7.90. The van der Waals surface area contributed by atoms with Crippen molar-refractivity contribution in [2.24, 2.45) is 0 Å². The number of carbonyl (C=O) groups is 2. The second-order valence-electron chi connectivity index (χ2n) is 7.21. The number of rotatable bonds is 8. The molecule has 28 heavy (non-hydrogen) atoms. The summed E-state index contributed by atoms with van der Waals surface area (Å²) in [7, 11) is 1.65. The minimum Gasteiger partial charge on any atom is -0.497 e. The Morgan fingerprint density at radius 2 is 1.75 bits per heavy atom. The Balaban J connectivity index is 1.54. The van der Waals surface area contributed by atoms with Crippen molar-refractivity contribution < 1.29 is 14.3 Å². The molecule has 1 heterocycles. The van der Waals surface area contributed by atoms with E-state index >= 15 is 0 Å². The Morgan fingerprint density at radius 3 is 2.39 bits per heavy atom. The molecule has 3 rings (SSSR count). The lowest BCUT2D eigenvalue weighted by Gasteiger charge is -2.36. The van der Waals surface area contributed by atoms with Crippen molar-refractivity contribution in [3.05, 3.63) is 52.2 Å². The molecule has 0 bridgehead atoms. The Bertz CT molecular complexity index is 766. The number of ether oxygens (including phenoxy) is 1. The molecule has 0 atom stereocenters. The molecule has 0 saturated heterocycles. The number of methoxy groups -OCH3 is 1. The zero-order valence-corrected chi connectivity index (χ0v) is 17.1. The maximum Gasteiger partial charge on any atom is 0.261 e. The van der Waals surface area contributed by atoms with Gasteiger partial charge in [0.1, 0.15) is 5.75 Å². The molecule has 1 aliphatic carbocycles.